The Morgan fingerprint density at radius 2 is 1.69 bits per heavy atom. The predicted molar refractivity (Wildman–Crippen MR) is 97.0 cm³/mol. The summed E-state index contributed by atoms with van der Waals surface area (Å²) < 4.78 is 10.9. The van der Waals surface area contributed by atoms with Gasteiger partial charge in [-0.3, -0.25) is 4.79 Å². The number of rotatable bonds is 7. The molecule has 1 amide bonds. The third-order valence-electron chi connectivity index (χ3n) is 3.62. The third kappa shape index (κ3) is 5.35. The molecule has 0 radical (unpaired) electrons. The molecule has 0 fully saturated rings. The first-order chi connectivity index (χ1) is 12.5. The quantitative estimate of drug-likeness (QED) is 0.609. The lowest BCUT2D eigenvalue weighted by Gasteiger charge is -2.12. The Hall–Kier alpha value is -3.33. The molecule has 0 aromatic heterocycles. The summed E-state index contributed by atoms with van der Waals surface area (Å²) >= 11 is 0. The Labute approximate surface area is 152 Å². The van der Waals surface area contributed by atoms with Gasteiger partial charge in [0.15, 0.2) is 0 Å². The molecule has 6 nitrogen and oxygen atoms in total. The second-order valence-corrected chi connectivity index (χ2v) is 5.67. The van der Waals surface area contributed by atoms with E-state index in [9.17, 15) is 9.59 Å². The van der Waals surface area contributed by atoms with Crippen molar-refractivity contribution in [1.82, 2.24) is 0 Å². The van der Waals surface area contributed by atoms with E-state index in [0.29, 0.717) is 11.3 Å². The van der Waals surface area contributed by atoms with E-state index in [2.05, 4.69) is 5.32 Å². The van der Waals surface area contributed by atoms with Gasteiger partial charge in [-0.1, -0.05) is 18.2 Å². The fourth-order valence-corrected chi connectivity index (χ4v) is 2.35. The number of amides is 1. The zero-order chi connectivity index (χ0) is 18.9. The molecule has 134 valence electrons. The topological polar surface area (TPSA) is 88.4 Å². The van der Waals surface area contributed by atoms with Gasteiger partial charge in [0.1, 0.15) is 25.4 Å². The molecule has 2 aromatic rings. The zero-order valence-electron chi connectivity index (χ0n) is 14.7. The number of nitrogens with one attached hydrogen (secondary N) is 1. The summed E-state index contributed by atoms with van der Waals surface area (Å²) in [6, 6.07) is 13.9. The molecule has 0 bridgehead atoms. The Balaban J connectivity index is 1.81. The highest BCUT2D eigenvalue weighted by Crippen LogP contribution is 2.22. The standard InChI is InChI=1S/C20H20N2O4/c1-14-4-3-5-15(2)19(14)25-12-13-26-20(24)16-6-8-17(9-7-16)22-18(23)10-11-21/h3-9H,10,12-13H2,1-2H3,(H,22,23). The second kappa shape index (κ2) is 9.23. The molecule has 6 heteroatoms. The molecule has 0 atom stereocenters. The van der Waals surface area contributed by atoms with E-state index in [1.165, 1.54) is 0 Å². The van der Waals surface area contributed by atoms with Crippen molar-refractivity contribution in [3.05, 3.63) is 59.2 Å². The van der Waals surface area contributed by atoms with Crippen LogP contribution >= 0.6 is 0 Å². The van der Waals surface area contributed by atoms with E-state index in [4.69, 9.17) is 14.7 Å². The van der Waals surface area contributed by atoms with Gasteiger partial charge in [0.25, 0.3) is 0 Å². The number of nitriles is 1. The Morgan fingerprint density at radius 3 is 2.31 bits per heavy atom. The number of hydrogen-bond acceptors (Lipinski definition) is 5. The predicted octanol–water partition coefficient (Wildman–Crippen LogP) is 3.39. The minimum atomic E-state index is -0.468. The van der Waals surface area contributed by atoms with Crippen LogP contribution < -0.4 is 10.1 Å². The molecule has 0 saturated heterocycles. The summed E-state index contributed by atoms with van der Waals surface area (Å²) in [5.74, 6) is -0.0579. The normalized spacial score (nSPS) is 9.88. The Bertz CT molecular complexity index is 802. The van der Waals surface area contributed by atoms with Gasteiger partial charge >= 0.3 is 5.97 Å². The molecule has 0 aliphatic heterocycles. The van der Waals surface area contributed by atoms with E-state index in [1.54, 1.807) is 30.3 Å². The maximum atomic E-state index is 12.0. The maximum Gasteiger partial charge on any atom is 0.338 e. The fraction of sp³-hybridized carbons (Fsp3) is 0.250. The SMILES string of the molecule is Cc1cccc(C)c1OCCOC(=O)c1ccc(NC(=O)CC#N)cc1. The van der Waals surface area contributed by atoms with Crippen LogP contribution in [0.25, 0.3) is 0 Å². The molecule has 2 rings (SSSR count). The first kappa shape index (κ1) is 19.0. The lowest BCUT2D eigenvalue weighted by Crippen LogP contribution is -2.13. The average Bonchev–Trinajstić information content (AvgIpc) is 2.61. The molecule has 0 heterocycles. The molecule has 0 spiro atoms. The second-order valence-electron chi connectivity index (χ2n) is 5.67. The Kier molecular flexibility index (Phi) is 6.75. The van der Waals surface area contributed by atoms with Crippen molar-refractivity contribution in [1.29, 1.82) is 5.26 Å². The highest BCUT2D eigenvalue weighted by atomic mass is 16.6. The zero-order valence-corrected chi connectivity index (χ0v) is 14.7. The highest BCUT2D eigenvalue weighted by molar-refractivity contribution is 5.93. The van der Waals surface area contributed by atoms with Gasteiger partial charge in [-0.15, -0.1) is 0 Å². The fourth-order valence-electron chi connectivity index (χ4n) is 2.35. The van der Waals surface area contributed by atoms with Crippen molar-refractivity contribution >= 4 is 17.6 Å². The van der Waals surface area contributed by atoms with Gasteiger partial charge in [-0.2, -0.15) is 5.26 Å². The highest BCUT2D eigenvalue weighted by Gasteiger charge is 2.09. The van der Waals surface area contributed by atoms with Crippen LogP contribution in [0.5, 0.6) is 5.75 Å². The van der Waals surface area contributed by atoms with Gasteiger partial charge in [-0.25, -0.2) is 4.79 Å². The van der Waals surface area contributed by atoms with E-state index in [-0.39, 0.29) is 19.6 Å². The summed E-state index contributed by atoms with van der Waals surface area (Å²) in [5.41, 5.74) is 2.95. The van der Waals surface area contributed by atoms with Crippen LogP contribution in [-0.2, 0) is 9.53 Å². The molecular weight excluding hydrogens is 332 g/mol. The van der Waals surface area contributed by atoms with Crippen molar-refractivity contribution in [2.24, 2.45) is 0 Å². The van der Waals surface area contributed by atoms with Crippen molar-refractivity contribution in [3.63, 3.8) is 0 Å². The number of benzene rings is 2. The number of ether oxygens (including phenoxy) is 2. The molecule has 26 heavy (non-hydrogen) atoms. The van der Waals surface area contributed by atoms with Gasteiger partial charge in [0.05, 0.1) is 11.6 Å². The molecular formula is C20H20N2O4. The maximum absolute atomic E-state index is 12.0. The number of nitrogens with zero attached hydrogens (tertiary/aromatic N) is 1. The molecule has 0 aliphatic carbocycles. The Morgan fingerprint density at radius 1 is 1.04 bits per heavy atom. The molecule has 0 aliphatic rings. The summed E-state index contributed by atoms with van der Waals surface area (Å²) in [6.45, 7) is 4.32. The van der Waals surface area contributed by atoms with Crippen LogP contribution in [0.4, 0.5) is 5.69 Å². The molecule has 0 saturated carbocycles. The van der Waals surface area contributed by atoms with E-state index in [0.717, 1.165) is 16.9 Å². The number of hydrogen-bond donors (Lipinski definition) is 1. The van der Waals surface area contributed by atoms with Crippen LogP contribution in [0.15, 0.2) is 42.5 Å². The minimum Gasteiger partial charge on any atom is -0.489 e. The molecule has 1 N–H and O–H groups in total. The van der Waals surface area contributed by atoms with E-state index >= 15 is 0 Å². The van der Waals surface area contributed by atoms with Gasteiger partial charge in [0, 0.05) is 5.69 Å². The van der Waals surface area contributed by atoms with Gasteiger partial charge in [-0.05, 0) is 49.2 Å². The first-order valence-electron chi connectivity index (χ1n) is 8.14. The number of carbonyl (C=O) groups is 2. The summed E-state index contributed by atoms with van der Waals surface area (Å²) in [4.78, 5) is 23.3. The van der Waals surface area contributed by atoms with Gasteiger partial charge in [0.2, 0.25) is 5.91 Å². The summed E-state index contributed by atoms with van der Waals surface area (Å²) in [7, 11) is 0. The van der Waals surface area contributed by atoms with E-state index < -0.39 is 11.9 Å². The number of aryl methyl sites for hydroxylation is 2. The minimum absolute atomic E-state index is 0.132. The van der Waals surface area contributed by atoms with Crippen molar-refractivity contribution in [3.8, 4) is 11.8 Å². The number of carbonyl (C=O) groups excluding carboxylic acids is 2. The molecule has 2 aromatic carbocycles. The number of anilines is 1. The van der Waals surface area contributed by atoms with Crippen molar-refractivity contribution in [2.75, 3.05) is 18.5 Å². The monoisotopic (exact) mass is 352 g/mol. The summed E-state index contributed by atoms with van der Waals surface area (Å²) in [6.07, 6.45) is -0.218. The molecule has 0 unspecified atom stereocenters. The lowest BCUT2D eigenvalue weighted by molar-refractivity contribution is -0.115. The van der Waals surface area contributed by atoms with Crippen LogP contribution in [0, 0.1) is 25.2 Å². The van der Waals surface area contributed by atoms with Crippen LogP contribution in [-0.4, -0.2) is 25.1 Å². The van der Waals surface area contributed by atoms with Crippen LogP contribution in [0.2, 0.25) is 0 Å². The average molecular weight is 352 g/mol. The van der Waals surface area contributed by atoms with Crippen LogP contribution in [0.3, 0.4) is 0 Å². The third-order valence-corrected chi connectivity index (χ3v) is 3.62. The number of para-hydroxylation sites is 1. The van der Waals surface area contributed by atoms with Crippen LogP contribution in [0.1, 0.15) is 27.9 Å². The lowest BCUT2D eigenvalue weighted by atomic mass is 10.1. The number of esters is 1. The largest absolute Gasteiger partial charge is 0.489 e. The summed E-state index contributed by atoms with van der Waals surface area (Å²) in [5, 5.41) is 11.0. The first-order valence-corrected chi connectivity index (χ1v) is 8.14. The van der Waals surface area contributed by atoms with Gasteiger partial charge < -0.3 is 14.8 Å². The van der Waals surface area contributed by atoms with E-state index in [1.807, 2.05) is 32.0 Å². The van der Waals surface area contributed by atoms with Crippen molar-refractivity contribution < 1.29 is 19.1 Å². The smallest absolute Gasteiger partial charge is 0.338 e. The van der Waals surface area contributed by atoms with Crippen molar-refractivity contribution in [2.45, 2.75) is 20.3 Å².